The molecule has 0 saturated carbocycles. The Morgan fingerprint density at radius 2 is 1.86 bits per heavy atom. The Balaban J connectivity index is 0.00000481. The minimum atomic E-state index is -1.03. The Labute approximate surface area is 235 Å². The summed E-state index contributed by atoms with van der Waals surface area (Å²) in [5, 5.41) is 12.3. The summed E-state index contributed by atoms with van der Waals surface area (Å²) >= 11 is 1.55. The van der Waals surface area contributed by atoms with E-state index in [4.69, 9.17) is 9.15 Å². The summed E-state index contributed by atoms with van der Waals surface area (Å²) in [5.74, 6) is 0.0256. The van der Waals surface area contributed by atoms with Gasteiger partial charge >= 0.3 is 24.8 Å². The number of aliphatic carboxylic acids is 1. The molecule has 0 radical (unpaired) electrons. The van der Waals surface area contributed by atoms with E-state index in [-0.39, 0.29) is 25.0 Å². The van der Waals surface area contributed by atoms with E-state index in [1.807, 2.05) is 61.7 Å². The van der Waals surface area contributed by atoms with Gasteiger partial charge in [-0.1, -0.05) is 50.1 Å². The van der Waals surface area contributed by atoms with Crippen molar-refractivity contribution in [2.45, 2.75) is 58.3 Å². The van der Waals surface area contributed by atoms with E-state index in [1.54, 1.807) is 24.1 Å². The maximum atomic E-state index is 13.3. The van der Waals surface area contributed by atoms with Crippen molar-refractivity contribution in [1.29, 1.82) is 0 Å². The first-order valence-corrected chi connectivity index (χ1v) is 13.7. The number of benzene rings is 2. The molecule has 0 saturated heterocycles. The minimum absolute atomic E-state index is 0. The number of hydrogen-bond donors (Lipinski definition) is 2. The van der Waals surface area contributed by atoms with Crippen LogP contribution in [0.3, 0.4) is 0 Å². The van der Waals surface area contributed by atoms with Crippen LogP contribution in [0.15, 0.2) is 65.3 Å². The average Bonchev–Trinajstić information content (AvgIpc) is 3.41. The molecule has 0 bridgehead atoms. The van der Waals surface area contributed by atoms with Gasteiger partial charge in [0.2, 0.25) is 0 Å². The molecule has 0 fully saturated rings. The molecule has 0 aliphatic heterocycles. The molecule has 6 nitrogen and oxygen atoms in total. The first kappa shape index (κ1) is 30.8. The fourth-order valence-electron chi connectivity index (χ4n) is 4.07. The second kappa shape index (κ2) is 15.7. The van der Waals surface area contributed by atoms with E-state index in [0.717, 1.165) is 47.3 Å². The van der Waals surface area contributed by atoms with Gasteiger partial charge in [-0.15, -0.1) is 0 Å². The molecule has 1 aromatic heterocycles. The van der Waals surface area contributed by atoms with Crippen molar-refractivity contribution in [2.75, 3.05) is 12.0 Å². The third kappa shape index (κ3) is 8.82. The number of amides is 1. The first-order chi connectivity index (χ1) is 17.4. The molecule has 3 rings (SSSR count). The zero-order valence-electron chi connectivity index (χ0n) is 21.2. The van der Waals surface area contributed by atoms with Gasteiger partial charge in [0.1, 0.15) is 17.9 Å². The van der Waals surface area contributed by atoms with Crippen molar-refractivity contribution in [2.24, 2.45) is 0 Å². The molecule has 194 valence electrons. The third-order valence-electron chi connectivity index (χ3n) is 6.11. The van der Waals surface area contributed by atoms with Crippen LogP contribution >= 0.6 is 11.8 Å². The molecule has 0 aliphatic carbocycles. The van der Waals surface area contributed by atoms with Gasteiger partial charge in [-0.25, -0.2) is 4.79 Å². The molecular formula is C29H36LiNO5S. The Bertz CT molecular complexity index is 1140. The van der Waals surface area contributed by atoms with E-state index >= 15 is 0 Å². The van der Waals surface area contributed by atoms with Crippen LogP contribution in [0.1, 0.15) is 66.0 Å². The van der Waals surface area contributed by atoms with Crippen LogP contribution in [-0.4, -0.2) is 53.9 Å². The molecule has 2 atom stereocenters. The van der Waals surface area contributed by atoms with Crippen LogP contribution in [0.4, 0.5) is 0 Å². The van der Waals surface area contributed by atoms with Gasteiger partial charge in [0.05, 0.1) is 12.9 Å². The summed E-state index contributed by atoms with van der Waals surface area (Å²) in [6.45, 7) is 4.51. The molecule has 8 heteroatoms. The first-order valence-electron chi connectivity index (χ1n) is 12.3. The topological polar surface area (TPSA) is 88.8 Å². The summed E-state index contributed by atoms with van der Waals surface area (Å²) in [6.07, 6.45) is 6.75. The van der Waals surface area contributed by atoms with Crippen molar-refractivity contribution >= 4 is 42.5 Å². The molecule has 2 N–H and O–H groups in total. The van der Waals surface area contributed by atoms with E-state index < -0.39 is 17.9 Å². The summed E-state index contributed by atoms with van der Waals surface area (Å²) in [4.78, 5) is 25.0. The van der Waals surface area contributed by atoms with Crippen molar-refractivity contribution in [3.63, 3.8) is 0 Å². The molecule has 0 aliphatic rings. The summed E-state index contributed by atoms with van der Waals surface area (Å²) in [7, 11) is 0. The van der Waals surface area contributed by atoms with Crippen LogP contribution in [0, 0.1) is 6.92 Å². The maximum absolute atomic E-state index is 13.3. The van der Waals surface area contributed by atoms with E-state index in [2.05, 4.69) is 12.2 Å². The number of thioether (sulfide) groups is 1. The van der Waals surface area contributed by atoms with Crippen LogP contribution in [0.2, 0.25) is 0 Å². The molecule has 2 unspecified atom stereocenters. The van der Waals surface area contributed by atoms with Gasteiger partial charge in [0.15, 0.2) is 0 Å². The van der Waals surface area contributed by atoms with Crippen LogP contribution in [-0.2, 0) is 16.1 Å². The number of furan rings is 1. The number of rotatable bonds is 14. The van der Waals surface area contributed by atoms with Crippen molar-refractivity contribution < 1.29 is 23.8 Å². The van der Waals surface area contributed by atoms with Crippen molar-refractivity contribution in [1.82, 2.24) is 5.32 Å². The number of unbranched alkanes of at least 4 members (excludes halogenated alkanes) is 1. The predicted octanol–water partition coefficient (Wildman–Crippen LogP) is 5.99. The van der Waals surface area contributed by atoms with E-state index in [0.29, 0.717) is 24.3 Å². The number of carboxylic acid groups (broad SMARTS) is 1. The summed E-state index contributed by atoms with van der Waals surface area (Å²) in [5.41, 5.74) is 4.07. The molecular weight excluding hydrogens is 481 g/mol. The predicted molar refractivity (Wildman–Crippen MR) is 151 cm³/mol. The normalized spacial score (nSPS) is 12.4. The second-order valence-electron chi connectivity index (χ2n) is 8.80. The van der Waals surface area contributed by atoms with E-state index in [9.17, 15) is 14.7 Å². The van der Waals surface area contributed by atoms with Crippen molar-refractivity contribution in [3.05, 3.63) is 83.3 Å². The van der Waals surface area contributed by atoms with Gasteiger partial charge in [-0.2, -0.15) is 11.8 Å². The molecule has 37 heavy (non-hydrogen) atoms. The van der Waals surface area contributed by atoms with Gasteiger partial charge in [-0.3, -0.25) is 4.79 Å². The zero-order valence-corrected chi connectivity index (χ0v) is 22.0. The van der Waals surface area contributed by atoms with Gasteiger partial charge < -0.3 is 19.6 Å². The Morgan fingerprint density at radius 3 is 2.51 bits per heavy atom. The SMILES string of the molecule is CCCCC(OCc1ccc(C(=O)NC(CCSC)C(=O)O)c(-c2ccccc2C)c1)c1ccco1.[LiH]. The van der Waals surface area contributed by atoms with Crippen LogP contribution in [0.25, 0.3) is 11.1 Å². The van der Waals surface area contributed by atoms with Gasteiger partial charge in [0.25, 0.3) is 5.91 Å². The molecule has 2 aromatic carbocycles. The van der Waals surface area contributed by atoms with Crippen LogP contribution < -0.4 is 5.32 Å². The van der Waals surface area contributed by atoms with Gasteiger partial charge in [0, 0.05) is 5.56 Å². The Hall–Kier alpha value is -2.43. The summed E-state index contributed by atoms with van der Waals surface area (Å²) < 4.78 is 11.9. The summed E-state index contributed by atoms with van der Waals surface area (Å²) in [6, 6.07) is 16.3. The number of nitrogens with one attached hydrogen (secondary N) is 1. The van der Waals surface area contributed by atoms with E-state index in [1.165, 1.54) is 0 Å². The standard InChI is InChI=1S/C29H35NO5S.Li.H/c1-4-5-11-27(26-12-8-16-34-26)35-19-21-13-14-23(24(18-21)22-10-7-6-9-20(22)2)28(31)30-25(29(32)33)15-17-36-3;;/h6-10,12-14,16,18,25,27H,4-5,11,15,17,19H2,1-3H3,(H,30,31)(H,32,33);;. The molecule has 0 spiro atoms. The fraction of sp³-hybridized carbons (Fsp3) is 0.379. The monoisotopic (exact) mass is 517 g/mol. The van der Waals surface area contributed by atoms with Crippen molar-refractivity contribution in [3.8, 4) is 11.1 Å². The fourth-order valence-corrected chi connectivity index (χ4v) is 4.55. The molecule has 1 heterocycles. The number of carbonyl (C=O) groups excluding carboxylic acids is 1. The van der Waals surface area contributed by atoms with Gasteiger partial charge in [-0.05, 0) is 78.3 Å². The number of carbonyl (C=O) groups is 2. The van der Waals surface area contributed by atoms with Crippen LogP contribution in [0.5, 0.6) is 0 Å². The molecule has 1 amide bonds. The quantitative estimate of drug-likeness (QED) is 0.255. The average molecular weight is 518 g/mol. The number of ether oxygens (including phenoxy) is 1. The second-order valence-corrected chi connectivity index (χ2v) is 9.78. The number of hydrogen-bond acceptors (Lipinski definition) is 5. The Kier molecular flexibility index (Phi) is 13.1. The number of aryl methyl sites for hydroxylation is 1. The molecule has 3 aromatic rings. The zero-order chi connectivity index (χ0) is 25.9. The Morgan fingerprint density at radius 1 is 1.08 bits per heavy atom. The number of carboxylic acids is 1. The third-order valence-corrected chi connectivity index (χ3v) is 6.75.